The number of carboxylic acid groups (broad SMARTS) is 1. The summed E-state index contributed by atoms with van der Waals surface area (Å²) >= 11 is 0. The van der Waals surface area contributed by atoms with Crippen LogP contribution in [0.5, 0.6) is 0 Å². The Hall–Kier alpha value is -2.09. The van der Waals surface area contributed by atoms with E-state index >= 15 is 0 Å². The molecule has 0 bridgehead atoms. The minimum absolute atomic E-state index is 0.0356. The Kier molecular flexibility index (Phi) is 3.47. The lowest BCUT2D eigenvalue weighted by molar-refractivity contribution is -0.137. The molecule has 2 rings (SSSR count). The van der Waals surface area contributed by atoms with Gasteiger partial charge in [0.2, 0.25) is 0 Å². The first kappa shape index (κ1) is 12.4. The van der Waals surface area contributed by atoms with Crippen molar-refractivity contribution in [2.75, 3.05) is 18.0 Å². The fourth-order valence-corrected chi connectivity index (χ4v) is 2.35. The Morgan fingerprint density at radius 1 is 1.61 bits per heavy atom. The van der Waals surface area contributed by atoms with E-state index in [2.05, 4.69) is 0 Å². The van der Waals surface area contributed by atoms with E-state index in [4.69, 9.17) is 10.4 Å². The summed E-state index contributed by atoms with van der Waals surface area (Å²) in [5, 5.41) is 17.7. The van der Waals surface area contributed by atoms with Crippen molar-refractivity contribution < 1.29 is 14.3 Å². The minimum Gasteiger partial charge on any atom is -0.481 e. The molecule has 1 N–H and O–H groups in total. The molecule has 0 saturated carbocycles. The van der Waals surface area contributed by atoms with Crippen molar-refractivity contribution in [2.45, 2.75) is 12.8 Å². The Morgan fingerprint density at radius 3 is 3.06 bits per heavy atom. The van der Waals surface area contributed by atoms with Crippen molar-refractivity contribution in [3.63, 3.8) is 0 Å². The summed E-state index contributed by atoms with van der Waals surface area (Å²) in [5.74, 6) is -1.28. The molecule has 1 aromatic rings. The van der Waals surface area contributed by atoms with E-state index in [-0.39, 0.29) is 17.9 Å². The van der Waals surface area contributed by atoms with Crippen LogP contribution in [0.25, 0.3) is 0 Å². The number of carboxylic acids is 1. The normalized spacial score (nSPS) is 18.7. The molecule has 0 amide bonds. The van der Waals surface area contributed by atoms with Crippen LogP contribution in [0, 0.1) is 23.1 Å². The molecule has 0 spiro atoms. The fraction of sp³-hybridized carbons (Fsp3) is 0.385. The number of aliphatic carboxylic acids is 1. The molecule has 0 aromatic heterocycles. The number of rotatable bonds is 3. The maximum Gasteiger partial charge on any atom is 0.303 e. The average molecular weight is 248 g/mol. The Morgan fingerprint density at radius 2 is 2.39 bits per heavy atom. The van der Waals surface area contributed by atoms with Crippen LogP contribution in [0.4, 0.5) is 10.1 Å². The first-order valence-electron chi connectivity index (χ1n) is 5.77. The largest absolute Gasteiger partial charge is 0.481 e. The van der Waals surface area contributed by atoms with Crippen molar-refractivity contribution in [1.29, 1.82) is 5.26 Å². The second-order valence-corrected chi connectivity index (χ2v) is 4.44. The Bertz CT molecular complexity index is 510. The number of halogens is 1. The monoisotopic (exact) mass is 248 g/mol. The third-order valence-electron chi connectivity index (χ3n) is 3.19. The predicted octanol–water partition coefficient (Wildman–Crippen LogP) is 2.00. The molecular formula is C13H13FN2O2. The van der Waals surface area contributed by atoms with Crippen molar-refractivity contribution in [1.82, 2.24) is 0 Å². The van der Waals surface area contributed by atoms with Gasteiger partial charge in [-0.15, -0.1) is 0 Å². The van der Waals surface area contributed by atoms with Crippen LogP contribution in [0.3, 0.4) is 0 Å². The molecule has 0 radical (unpaired) electrons. The van der Waals surface area contributed by atoms with Gasteiger partial charge in [-0.2, -0.15) is 5.26 Å². The van der Waals surface area contributed by atoms with Crippen LogP contribution in [-0.4, -0.2) is 24.2 Å². The summed E-state index contributed by atoms with van der Waals surface area (Å²) in [6.45, 7) is 1.22. The molecule has 1 heterocycles. The number of hydrogen-bond donors (Lipinski definition) is 1. The van der Waals surface area contributed by atoms with Gasteiger partial charge in [0.1, 0.15) is 17.4 Å². The van der Waals surface area contributed by atoms with Crippen LogP contribution in [-0.2, 0) is 4.79 Å². The molecule has 94 valence electrons. The molecule has 0 aliphatic carbocycles. The highest BCUT2D eigenvalue weighted by Crippen LogP contribution is 2.29. The number of benzene rings is 1. The zero-order valence-corrected chi connectivity index (χ0v) is 9.77. The lowest BCUT2D eigenvalue weighted by Gasteiger charge is -2.19. The van der Waals surface area contributed by atoms with Gasteiger partial charge < -0.3 is 10.0 Å². The van der Waals surface area contributed by atoms with Crippen LogP contribution >= 0.6 is 0 Å². The standard InChI is InChI=1S/C13H13FN2O2/c14-11-2-1-3-12(10(11)7-15)16-5-4-9(8-16)6-13(17)18/h1-3,9H,4-6,8H2,(H,17,18). The molecule has 1 saturated heterocycles. The van der Waals surface area contributed by atoms with Crippen LogP contribution < -0.4 is 4.90 Å². The van der Waals surface area contributed by atoms with E-state index in [1.807, 2.05) is 11.0 Å². The second kappa shape index (κ2) is 5.05. The smallest absolute Gasteiger partial charge is 0.303 e. The number of carbonyl (C=O) groups is 1. The maximum atomic E-state index is 13.5. The van der Waals surface area contributed by atoms with Gasteiger partial charge in [-0.1, -0.05) is 6.07 Å². The molecule has 1 unspecified atom stereocenters. The van der Waals surface area contributed by atoms with E-state index < -0.39 is 11.8 Å². The molecule has 18 heavy (non-hydrogen) atoms. The number of nitriles is 1. The predicted molar refractivity (Wildman–Crippen MR) is 63.7 cm³/mol. The minimum atomic E-state index is -0.818. The Labute approximate surface area is 104 Å². The van der Waals surface area contributed by atoms with E-state index in [0.29, 0.717) is 18.8 Å². The van der Waals surface area contributed by atoms with Gasteiger partial charge in [-0.3, -0.25) is 4.79 Å². The number of nitrogens with zero attached hydrogens (tertiary/aromatic N) is 2. The lowest BCUT2D eigenvalue weighted by Crippen LogP contribution is -2.21. The van der Waals surface area contributed by atoms with Crippen molar-refractivity contribution in [3.05, 3.63) is 29.6 Å². The average Bonchev–Trinajstić information content (AvgIpc) is 2.76. The summed E-state index contributed by atoms with van der Waals surface area (Å²) in [5.41, 5.74) is 0.596. The van der Waals surface area contributed by atoms with E-state index in [9.17, 15) is 9.18 Å². The molecule has 1 fully saturated rings. The third-order valence-corrected chi connectivity index (χ3v) is 3.19. The summed E-state index contributed by atoms with van der Waals surface area (Å²) in [6.07, 6.45) is 0.876. The third kappa shape index (κ3) is 2.43. The first-order chi connectivity index (χ1) is 8.61. The number of hydrogen-bond acceptors (Lipinski definition) is 3. The molecule has 1 aromatic carbocycles. The number of anilines is 1. The summed E-state index contributed by atoms with van der Waals surface area (Å²) in [6, 6.07) is 6.38. The summed E-state index contributed by atoms with van der Waals surface area (Å²) in [7, 11) is 0. The molecule has 1 aliphatic rings. The van der Waals surface area contributed by atoms with Crippen molar-refractivity contribution >= 4 is 11.7 Å². The van der Waals surface area contributed by atoms with Crippen LogP contribution in [0.1, 0.15) is 18.4 Å². The van der Waals surface area contributed by atoms with Crippen molar-refractivity contribution in [2.24, 2.45) is 5.92 Å². The van der Waals surface area contributed by atoms with Crippen LogP contribution in [0.2, 0.25) is 0 Å². The van der Waals surface area contributed by atoms with E-state index in [1.165, 1.54) is 6.07 Å². The van der Waals surface area contributed by atoms with Gasteiger partial charge >= 0.3 is 5.97 Å². The van der Waals surface area contributed by atoms with Gasteiger partial charge in [0.15, 0.2) is 0 Å². The van der Waals surface area contributed by atoms with E-state index in [1.54, 1.807) is 12.1 Å². The molecule has 1 atom stereocenters. The fourth-order valence-electron chi connectivity index (χ4n) is 2.35. The molecular weight excluding hydrogens is 235 g/mol. The van der Waals surface area contributed by atoms with Gasteiger partial charge in [-0.25, -0.2) is 4.39 Å². The summed E-state index contributed by atoms with van der Waals surface area (Å²) in [4.78, 5) is 12.5. The van der Waals surface area contributed by atoms with Crippen LogP contribution in [0.15, 0.2) is 18.2 Å². The zero-order chi connectivity index (χ0) is 13.1. The van der Waals surface area contributed by atoms with Gasteiger partial charge in [0.25, 0.3) is 0 Å². The molecule has 4 nitrogen and oxygen atoms in total. The zero-order valence-electron chi connectivity index (χ0n) is 9.77. The Balaban J connectivity index is 2.17. The highest BCUT2D eigenvalue weighted by Gasteiger charge is 2.26. The van der Waals surface area contributed by atoms with Gasteiger partial charge in [0.05, 0.1) is 5.69 Å². The molecule has 5 heteroatoms. The van der Waals surface area contributed by atoms with Crippen molar-refractivity contribution in [3.8, 4) is 6.07 Å². The maximum absolute atomic E-state index is 13.5. The highest BCUT2D eigenvalue weighted by molar-refractivity contribution is 5.67. The SMILES string of the molecule is N#Cc1c(F)cccc1N1CCC(CC(=O)O)C1. The highest BCUT2D eigenvalue weighted by atomic mass is 19.1. The second-order valence-electron chi connectivity index (χ2n) is 4.44. The lowest BCUT2D eigenvalue weighted by atomic mass is 10.1. The summed E-state index contributed by atoms with van der Waals surface area (Å²) < 4.78 is 13.5. The molecule has 1 aliphatic heterocycles. The van der Waals surface area contributed by atoms with E-state index in [0.717, 1.165) is 6.42 Å². The quantitative estimate of drug-likeness (QED) is 0.888. The topological polar surface area (TPSA) is 64.3 Å². The first-order valence-corrected chi connectivity index (χ1v) is 5.77. The van der Waals surface area contributed by atoms with Gasteiger partial charge in [-0.05, 0) is 24.5 Å². The van der Waals surface area contributed by atoms with Gasteiger partial charge in [0, 0.05) is 19.5 Å².